The second-order valence-electron chi connectivity index (χ2n) is 6.83. The van der Waals surface area contributed by atoms with Gasteiger partial charge in [0.05, 0.1) is 0 Å². The maximum Gasteiger partial charge on any atom is 0.276 e. The number of hydrogen-bond acceptors (Lipinski definition) is 5. The molecule has 2 amide bonds. The Morgan fingerprint density at radius 1 is 1.04 bits per heavy atom. The van der Waals surface area contributed by atoms with Gasteiger partial charge in [-0.05, 0) is 48.2 Å². The van der Waals surface area contributed by atoms with Crippen LogP contribution in [0.25, 0.3) is 0 Å². The molecule has 0 saturated heterocycles. The van der Waals surface area contributed by atoms with Gasteiger partial charge in [-0.3, -0.25) is 20.4 Å². The van der Waals surface area contributed by atoms with Crippen molar-refractivity contribution in [2.75, 3.05) is 19.8 Å². The number of amides is 2. The molecule has 2 N–H and O–H groups in total. The second kappa shape index (κ2) is 8.65. The Labute approximate surface area is 164 Å². The van der Waals surface area contributed by atoms with E-state index in [1.807, 2.05) is 25.1 Å². The molecule has 0 radical (unpaired) electrons. The van der Waals surface area contributed by atoms with Crippen LogP contribution >= 0.6 is 0 Å². The smallest absolute Gasteiger partial charge is 0.276 e. The fraction of sp³-hybridized carbons (Fsp3) is 0.333. The summed E-state index contributed by atoms with van der Waals surface area (Å²) in [6, 6.07) is 10.8. The number of rotatable bonds is 5. The third kappa shape index (κ3) is 4.73. The molecule has 0 spiro atoms. The number of hydrogen-bond donors (Lipinski definition) is 2. The lowest BCUT2D eigenvalue weighted by atomic mass is 10.0. The summed E-state index contributed by atoms with van der Waals surface area (Å²) in [6.45, 7) is 6.81. The van der Waals surface area contributed by atoms with E-state index in [-0.39, 0.29) is 6.61 Å². The number of nitrogens with one attached hydrogen (secondary N) is 2. The molecule has 3 rings (SSSR count). The maximum absolute atomic E-state index is 12.2. The van der Waals surface area contributed by atoms with Crippen LogP contribution < -0.4 is 25.1 Å². The molecule has 0 unspecified atom stereocenters. The third-order valence-electron chi connectivity index (χ3n) is 4.36. The van der Waals surface area contributed by atoms with Gasteiger partial charge in [0.2, 0.25) is 0 Å². The molecule has 0 fully saturated rings. The van der Waals surface area contributed by atoms with Gasteiger partial charge in [-0.25, -0.2) is 0 Å². The van der Waals surface area contributed by atoms with Gasteiger partial charge >= 0.3 is 0 Å². The van der Waals surface area contributed by atoms with Crippen LogP contribution in [-0.2, 0) is 4.79 Å². The Bertz CT molecular complexity index is 879. The first kappa shape index (κ1) is 19.5. The van der Waals surface area contributed by atoms with Crippen LogP contribution in [0.2, 0.25) is 0 Å². The second-order valence-corrected chi connectivity index (χ2v) is 6.83. The molecule has 2 aromatic rings. The van der Waals surface area contributed by atoms with Crippen LogP contribution in [-0.4, -0.2) is 31.6 Å². The number of aryl methyl sites for hydroxylation is 1. The van der Waals surface area contributed by atoms with Gasteiger partial charge in [0, 0.05) is 5.56 Å². The minimum Gasteiger partial charge on any atom is -0.486 e. The molecule has 1 aliphatic heterocycles. The van der Waals surface area contributed by atoms with E-state index >= 15 is 0 Å². The van der Waals surface area contributed by atoms with E-state index in [4.69, 9.17) is 14.2 Å². The van der Waals surface area contributed by atoms with Gasteiger partial charge in [0.25, 0.3) is 11.8 Å². The molecule has 1 heterocycles. The largest absolute Gasteiger partial charge is 0.486 e. The average Bonchev–Trinajstić information content (AvgIpc) is 2.70. The van der Waals surface area contributed by atoms with Gasteiger partial charge < -0.3 is 14.2 Å². The molecule has 7 nitrogen and oxygen atoms in total. The van der Waals surface area contributed by atoms with Gasteiger partial charge in [0.15, 0.2) is 18.1 Å². The minimum absolute atomic E-state index is 0.205. The lowest BCUT2D eigenvalue weighted by molar-refractivity contribution is -0.123. The Hall–Kier alpha value is -3.22. The maximum atomic E-state index is 12.2. The molecule has 2 aromatic carbocycles. The zero-order chi connectivity index (χ0) is 20.1. The minimum atomic E-state index is -0.458. The highest BCUT2D eigenvalue weighted by molar-refractivity contribution is 5.96. The van der Waals surface area contributed by atoms with Crippen molar-refractivity contribution in [2.45, 2.75) is 26.7 Å². The number of hydrazine groups is 1. The van der Waals surface area contributed by atoms with E-state index in [2.05, 4.69) is 24.7 Å². The summed E-state index contributed by atoms with van der Waals surface area (Å²) in [6.07, 6.45) is 0. The topological polar surface area (TPSA) is 85.9 Å². The van der Waals surface area contributed by atoms with Crippen LogP contribution in [0.5, 0.6) is 17.2 Å². The van der Waals surface area contributed by atoms with E-state index in [9.17, 15) is 9.59 Å². The molecule has 1 aliphatic rings. The number of carbonyl (C=O) groups excluding carboxylic acids is 2. The lowest BCUT2D eigenvalue weighted by Gasteiger charge is -2.18. The van der Waals surface area contributed by atoms with Crippen LogP contribution in [0.4, 0.5) is 0 Å². The van der Waals surface area contributed by atoms with Gasteiger partial charge in [0.1, 0.15) is 19.0 Å². The molecule has 7 heteroatoms. The summed E-state index contributed by atoms with van der Waals surface area (Å²) in [4.78, 5) is 24.2. The van der Waals surface area contributed by atoms with E-state index in [1.54, 1.807) is 18.2 Å². The molecule has 28 heavy (non-hydrogen) atoms. The van der Waals surface area contributed by atoms with Crippen molar-refractivity contribution in [1.29, 1.82) is 0 Å². The van der Waals surface area contributed by atoms with Crippen molar-refractivity contribution in [3.8, 4) is 17.2 Å². The van der Waals surface area contributed by atoms with E-state index in [1.165, 1.54) is 0 Å². The summed E-state index contributed by atoms with van der Waals surface area (Å²) in [5.74, 6) is 1.21. The summed E-state index contributed by atoms with van der Waals surface area (Å²) < 4.78 is 16.5. The molecule has 0 saturated carbocycles. The van der Waals surface area contributed by atoms with Crippen molar-refractivity contribution in [3.63, 3.8) is 0 Å². The van der Waals surface area contributed by atoms with Gasteiger partial charge in [-0.1, -0.05) is 26.0 Å². The molecule has 0 aromatic heterocycles. The van der Waals surface area contributed by atoms with Crippen LogP contribution in [0.1, 0.15) is 41.3 Å². The standard InChI is InChI=1S/C21H24N2O5/c1-13(2)15-5-4-14(3)18(10-15)28-12-20(24)22-23-21(25)16-6-7-17-19(11-16)27-9-8-26-17/h4-7,10-11,13H,8-9,12H2,1-3H3,(H,22,24)(H,23,25). The number of carbonyl (C=O) groups is 2. The van der Waals surface area contributed by atoms with Crippen molar-refractivity contribution < 1.29 is 23.8 Å². The van der Waals surface area contributed by atoms with E-state index in [0.29, 0.717) is 41.9 Å². The van der Waals surface area contributed by atoms with Crippen LogP contribution in [0, 0.1) is 6.92 Å². The zero-order valence-electron chi connectivity index (χ0n) is 16.2. The first-order valence-electron chi connectivity index (χ1n) is 9.16. The molecule has 0 bridgehead atoms. The first-order chi connectivity index (χ1) is 13.4. The average molecular weight is 384 g/mol. The van der Waals surface area contributed by atoms with Crippen molar-refractivity contribution in [2.24, 2.45) is 0 Å². The molecular weight excluding hydrogens is 360 g/mol. The highest BCUT2D eigenvalue weighted by atomic mass is 16.6. The van der Waals surface area contributed by atoms with E-state index in [0.717, 1.165) is 11.1 Å². The Morgan fingerprint density at radius 2 is 1.79 bits per heavy atom. The molecule has 148 valence electrons. The number of fused-ring (bicyclic) bond motifs is 1. The summed E-state index contributed by atoms with van der Waals surface area (Å²) in [5.41, 5.74) is 7.15. The summed E-state index contributed by atoms with van der Waals surface area (Å²) in [5, 5.41) is 0. The summed E-state index contributed by atoms with van der Waals surface area (Å²) in [7, 11) is 0. The first-order valence-corrected chi connectivity index (χ1v) is 9.16. The van der Waals surface area contributed by atoms with Crippen molar-refractivity contribution in [3.05, 3.63) is 53.1 Å². The Kier molecular flexibility index (Phi) is 6.03. The Balaban J connectivity index is 1.52. The third-order valence-corrected chi connectivity index (χ3v) is 4.36. The van der Waals surface area contributed by atoms with Gasteiger partial charge in [-0.15, -0.1) is 0 Å². The predicted octanol–water partition coefficient (Wildman–Crippen LogP) is 2.73. The fourth-order valence-corrected chi connectivity index (χ4v) is 2.69. The molecule has 0 aliphatic carbocycles. The highest BCUT2D eigenvalue weighted by Crippen LogP contribution is 2.30. The lowest BCUT2D eigenvalue weighted by Crippen LogP contribution is -2.43. The normalized spacial score (nSPS) is 12.4. The quantitative estimate of drug-likeness (QED) is 0.774. The number of benzene rings is 2. The highest BCUT2D eigenvalue weighted by Gasteiger charge is 2.15. The summed E-state index contributed by atoms with van der Waals surface area (Å²) >= 11 is 0. The SMILES string of the molecule is Cc1ccc(C(C)C)cc1OCC(=O)NNC(=O)c1ccc2c(c1)OCCO2. The zero-order valence-corrected chi connectivity index (χ0v) is 16.2. The molecular formula is C21H24N2O5. The van der Waals surface area contributed by atoms with Gasteiger partial charge in [-0.2, -0.15) is 0 Å². The van der Waals surface area contributed by atoms with Crippen molar-refractivity contribution >= 4 is 11.8 Å². The van der Waals surface area contributed by atoms with Crippen LogP contribution in [0.3, 0.4) is 0 Å². The van der Waals surface area contributed by atoms with Crippen LogP contribution in [0.15, 0.2) is 36.4 Å². The predicted molar refractivity (Wildman–Crippen MR) is 104 cm³/mol. The monoisotopic (exact) mass is 384 g/mol. The molecule has 0 atom stereocenters. The number of ether oxygens (including phenoxy) is 3. The Morgan fingerprint density at radius 3 is 2.54 bits per heavy atom. The van der Waals surface area contributed by atoms with Crippen molar-refractivity contribution in [1.82, 2.24) is 10.9 Å². The fourth-order valence-electron chi connectivity index (χ4n) is 2.69. The van der Waals surface area contributed by atoms with E-state index < -0.39 is 11.8 Å².